The van der Waals surface area contributed by atoms with Crippen molar-refractivity contribution in [2.24, 2.45) is 5.92 Å². The Labute approximate surface area is 92.9 Å². The van der Waals surface area contributed by atoms with E-state index in [0.717, 1.165) is 12.1 Å². The first-order chi connectivity index (χ1) is 7.41. The van der Waals surface area contributed by atoms with Gasteiger partial charge in [0.1, 0.15) is 5.82 Å². The molecule has 0 fully saturated rings. The first kappa shape index (κ1) is 12.6. The number of aliphatic hydroxyl groups is 1. The lowest BCUT2D eigenvalue weighted by Gasteiger charge is -2.14. The van der Waals surface area contributed by atoms with Crippen molar-refractivity contribution in [3.8, 4) is 0 Å². The van der Waals surface area contributed by atoms with Crippen LogP contribution in [0.3, 0.4) is 0 Å². The highest BCUT2D eigenvalue weighted by atomic mass is 19.1. The number of nitro groups is 1. The molecule has 1 aromatic carbocycles. The molecule has 1 aromatic rings. The smallest absolute Gasteiger partial charge is 0.275 e. The van der Waals surface area contributed by atoms with Gasteiger partial charge in [-0.1, -0.05) is 13.8 Å². The average Bonchev–Trinajstić information content (AvgIpc) is 2.20. The first-order valence-electron chi connectivity index (χ1n) is 5.02. The first-order valence-corrected chi connectivity index (χ1v) is 5.02. The number of hydrogen-bond acceptors (Lipinski definition) is 3. The van der Waals surface area contributed by atoms with Crippen molar-refractivity contribution in [3.05, 3.63) is 39.7 Å². The van der Waals surface area contributed by atoms with Crippen molar-refractivity contribution < 1.29 is 14.4 Å². The van der Waals surface area contributed by atoms with Crippen LogP contribution in [0.4, 0.5) is 10.1 Å². The van der Waals surface area contributed by atoms with Crippen LogP contribution in [-0.2, 0) is 6.42 Å². The molecule has 0 heterocycles. The zero-order chi connectivity index (χ0) is 12.3. The summed E-state index contributed by atoms with van der Waals surface area (Å²) in [4.78, 5) is 10.0. The van der Waals surface area contributed by atoms with Crippen LogP contribution in [-0.4, -0.2) is 16.1 Å². The number of aliphatic hydroxyl groups excluding tert-OH is 1. The minimum absolute atomic E-state index is 0.00431. The molecule has 0 saturated carbocycles. The maximum absolute atomic E-state index is 12.8. The van der Waals surface area contributed by atoms with Gasteiger partial charge in [-0.15, -0.1) is 0 Å². The molecule has 0 radical (unpaired) electrons. The van der Waals surface area contributed by atoms with Crippen LogP contribution >= 0.6 is 0 Å². The molecule has 1 unspecified atom stereocenters. The second-order valence-electron chi connectivity index (χ2n) is 4.05. The van der Waals surface area contributed by atoms with Crippen LogP contribution in [0, 0.1) is 21.8 Å². The molecular weight excluding hydrogens is 213 g/mol. The van der Waals surface area contributed by atoms with E-state index in [9.17, 15) is 19.6 Å². The van der Waals surface area contributed by atoms with E-state index in [1.807, 2.05) is 13.8 Å². The summed E-state index contributed by atoms with van der Waals surface area (Å²) < 4.78 is 12.8. The summed E-state index contributed by atoms with van der Waals surface area (Å²) in [6.07, 6.45) is -0.502. The molecule has 88 valence electrons. The number of benzene rings is 1. The molecule has 0 aliphatic heterocycles. The average molecular weight is 227 g/mol. The molecule has 0 aromatic heterocycles. The molecule has 0 bridgehead atoms. The van der Waals surface area contributed by atoms with E-state index in [2.05, 4.69) is 0 Å². The molecule has 16 heavy (non-hydrogen) atoms. The van der Waals surface area contributed by atoms with Gasteiger partial charge >= 0.3 is 0 Å². The summed E-state index contributed by atoms with van der Waals surface area (Å²) in [7, 11) is 0. The lowest BCUT2D eigenvalue weighted by Crippen LogP contribution is -2.18. The molecule has 0 amide bonds. The highest BCUT2D eigenvalue weighted by molar-refractivity contribution is 5.40. The fourth-order valence-electron chi connectivity index (χ4n) is 1.34. The third-order valence-corrected chi connectivity index (χ3v) is 2.44. The summed E-state index contributed by atoms with van der Waals surface area (Å²) in [5.41, 5.74) is 0.0762. The molecule has 4 nitrogen and oxygen atoms in total. The zero-order valence-corrected chi connectivity index (χ0v) is 9.18. The van der Waals surface area contributed by atoms with Crippen molar-refractivity contribution in [1.82, 2.24) is 0 Å². The second kappa shape index (κ2) is 5.03. The van der Waals surface area contributed by atoms with E-state index in [1.54, 1.807) is 0 Å². The van der Waals surface area contributed by atoms with E-state index in [4.69, 9.17) is 0 Å². The van der Waals surface area contributed by atoms with Crippen molar-refractivity contribution in [1.29, 1.82) is 0 Å². The number of halogens is 1. The summed E-state index contributed by atoms with van der Waals surface area (Å²) in [5, 5.41) is 20.3. The Bertz CT molecular complexity index is 393. The predicted octanol–water partition coefficient (Wildman–Crippen LogP) is 2.29. The second-order valence-corrected chi connectivity index (χ2v) is 4.05. The van der Waals surface area contributed by atoms with E-state index < -0.39 is 16.8 Å². The number of rotatable bonds is 4. The van der Waals surface area contributed by atoms with Gasteiger partial charge in [-0.25, -0.2) is 4.39 Å². The standard InChI is InChI=1S/C11H14FNO3/c1-7(2)11(14)5-8-3-4-9(12)6-10(8)13(15)16/h3-4,6-7,11,14H,5H2,1-2H3. The third kappa shape index (κ3) is 3.00. The fourth-order valence-corrected chi connectivity index (χ4v) is 1.34. The van der Waals surface area contributed by atoms with Crippen molar-refractivity contribution in [2.75, 3.05) is 0 Å². The molecule has 1 atom stereocenters. The Morgan fingerprint density at radius 2 is 2.12 bits per heavy atom. The molecule has 0 aliphatic carbocycles. The molecule has 0 saturated heterocycles. The maximum atomic E-state index is 12.8. The fraction of sp³-hybridized carbons (Fsp3) is 0.455. The van der Waals surface area contributed by atoms with Crippen LogP contribution in [0.15, 0.2) is 18.2 Å². The Morgan fingerprint density at radius 3 is 2.62 bits per heavy atom. The molecule has 0 spiro atoms. The predicted molar refractivity (Wildman–Crippen MR) is 57.6 cm³/mol. The Kier molecular flexibility index (Phi) is 3.95. The molecule has 1 N–H and O–H groups in total. The minimum atomic E-state index is -0.663. The van der Waals surface area contributed by atoms with Crippen molar-refractivity contribution in [2.45, 2.75) is 26.4 Å². The van der Waals surface area contributed by atoms with E-state index in [-0.39, 0.29) is 18.0 Å². The maximum Gasteiger partial charge on any atom is 0.275 e. The van der Waals surface area contributed by atoms with Gasteiger partial charge in [0.2, 0.25) is 0 Å². The van der Waals surface area contributed by atoms with Crippen LogP contribution in [0.5, 0.6) is 0 Å². The van der Waals surface area contributed by atoms with E-state index >= 15 is 0 Å². The van der Waals surface area contributed by atoms with Crippen LogP contribution in [0.25, 0.3) is 0 Å². The SMILES string of the molecule is CC(C)C(O)Cc1ccc(F)cc1[N+](=O)[O-]. The van der Waals surface area contributed by atoms with Crippen molar-refractivity contribution in [3.63, 3.8) is 0 Å². The third-order valence-electron chi connectivity index (χ3n) is 2.44. The summed E-state index contributed by atoms with van der Waals surface area (Å²) in [6.45, 7) is 3.64. The topological polar surface area (TPSA) is 63.4 Å². The summed E-state index contributed by atoms with van der Waals surface area (Å²) in [6, 6.07) is 3.39. The van der Waals surface area contributed by atoms with Gasteiger partial charge in [-0.05, 0) is 18.1 Å². The number of hydrogen-bond donors (Lipinski definition) is 1. The summed E-state index contributed by atoms with van der Waals surface area (Å²) >= 11 is 0. The molecule has 1 rings (SSSR count). The quantitative estimate of drug-likeness (QED) is 0.634. The van der Waals surface area contributed by atoms with Gasteiger partial charge in [0.25, 0.3) is 5.69 Å². The van der Waals surface area contributed by atoms with Gasteiger partial charge in [0.15, 0.2) is 0 Å². The largest absolute Gasteiger partial charge is 0.393 e. The molecular formula is C11H14FNO3. The van der Waals surface area contributed by atoms with Crippen LogP contribution in [0.1, 0.15) is 19.4 Å². The number of nitrogens with zero attached hydrogens (tertiary/aromatic N) is 1. The lowest BCUT2D eigenvalue weighted by atomic mass is 9.98. The normalized spacial score (nSPS) is 12.8. The summed E-state index contributed by atoms with van der Waals surface area (Å²) in [5.74, 6) is -0.640. The number of nitro benzene ring substituents is 1. The lowest BCUT2D eigenvalue weighted by molar-refractivity contribution is -0.385. The van der Waals surface area contributed by atoms with Gasteiger partial charge in [-0.2, -0.15) is 0 Å². The van der Waals surface area contributed by atoms with Gasteiger partial charge in [0.05, 0.1) is 17.1 Å². The van der Waals surface area contributed by atoms with E-state index in [0.29, 0.717) is 5.56 Å². The van der Waals surface area contributed by atoms with Gasteiger partial charge in [-0.3, -0.25) is 10.1 Å². The highest BCUT2D eigenvalue weighted by Crippen LogP contribution is 2.22. The Balaban J connectivity index is 2.99. The molecule has 5 heteroatoms. The molecule has 0 aliphatic rings. The van der Waals surface area contributed by atoms with Crippen LogP contribution in [0.2, 0.25) is 0 Å². The monoisotopic (exact) mass is 227 g/mol. The highest BCUT2D eigenvalue weighted by Gasteiger charge is 2.19. The van der Waals surface area contributed by atoms with Crippen LogP contribution < -0.4 is 0 Å². The van der Waals surface area contributed by atoms with Gasteiger partial charge < -0.3 is 5.11 Å². The van der Waals surface area contributed by atoms with E-state index in [1.165, 1.54) is 6.07 Å². The van der Waals surface area contributed by atoms with Gasteiger partial charge in [0, 0.05) is 12.0 Å². The Morgan fingerprint density at radius 1 is 1.50 bits per heavy atom. The van der Waals surface area contributed by atoms with Crippen molar-refractivity contribution >= 4 is 5.69 Å². The minimum Gasteiger partial charge on any atom is -0.393 e. The zero-order valence-electron chi connectivity index (χ0n) is 9.18. The Hall–Kier alpha value is -1.49.